The van der Waals surface area contributed by atoms with Gasteiger partial charge < -0.3 is 11.1 Å². The lowest BCUT2D eigenvalue weighted by Gasteiger charge is -2.12. The van der Waals surface area contributed by atoms with Crippen LogP contribution in [0.1, 0.15) is 24.1 Å². The monoisotopic (exact) mass is 193 g/mol. The number of nitrogen functional groups attached to an aromatic ring is 1. The van der Waals surface area contributed by atoms with Crippen LogP contribution in [0.15, 0.2) is 12.1 Å². The van der Waals surface area contributed by atoms with Gasteiger partial charge in [0.1, 0.15) is 17.4 Å². The van der Waals surface area contributed by atoms with Gasteiger partial charge in [0, 0.05) is 11.6 Å². The Morgan fingerprint density at radius 3 is 2.71 bits per heavy atom. The summed E-state index contributed by atoms with van der Waals surface area (Å²) in [5, 5.41) is 11.6. The summed E-state index contributed by atoms with van der Waals surface area (Å²) in [5.41, 5.74) is 6.01. The lowest BCUT2D eigenvalue weighted by Crippen LogP contribution is -2.15. The molecule has 0 radical (unpaired) electrons. The molecule has 0 aromatic heterocycles. The first-order valence-electron chi connectivity index (χ1n) is 4.27. The zero-order valence-corrected chi connectivity index (χ0v) is 8.13. The number of nitrogens with two attached hydrogens (primary N) is 1. The zero-order chi connectivity index (χ0) is 10.7. The first-order chi connectivity index (χ1) is 6.61. The summed E-state index contributed by atoms with van der Waals surface area (Å²) in [6.07, 6.45) is 0. The first kappa shape index (κ1) is 10.5. The lowest BCUT2D eigenvalue weighted by molar-refractivity contribution is 0.560. The van der Waals surface area contributed by atoms with Crippen molar-refractivity contribution in [3.05, 3.63) is 29.1 Å². The lowest BCUT2D eigenvalue weighted by atomic mass is 10.0. The molecule has 3 nitrogen and oxygen atoms in total. The van der Waals surface area contributed by atoms with Gasteiger partial charge in [0.05, 0.1) is 5.69 Å². The van der Waals surface area contributed by atoms with E-state index in [-0.39, 0.29) is 17.3 Å². The van der Waals surface area contributed by atoms with Gasteiger partial charge >= 0.3 is 0 Å². The summed E-state index contributed by atoms with van der Waals surface area (Å²) in [7, 11) is 1.73. The third kappa shape index (κ3) is 1.68. The van der Waals surface area contributed by atoms with Gasteiger partial charge in [-0.25, -0.2) is 4.39 Å². The van der Waals surface area contributed by atoms with Crippen molar-refractivity contribution >= 4 is 5.69 Å². The van der Waals surface area contributed by atoms with Crippen LogP contribution in [0, 0.1) is 17.1 Å². The van der Waals surface area contributed by atoms with Gasteiger partial charge in [0.15, 0.2) is 0 Å². The summed E-state index contributed by atoms with van der Waals surface area (Å²) in [6.45, 7) is 1.82. The van der Waals surface area contributed by atoms with Crippen LogP contribution in [0.2, 0.25) is 0 Å². The van der Waals surface area contributed by atoms with E-state index in [1.165, 1.54) is 0 Å². The molecule has 0 aliphatic heterocycles. The van der Waals surface area contributed by atoms with Crippen molar-refractivity contribution in [1.82, 2.24) is 5.32 Å². The molecular formula is C10H12FN3. The van der Waals surface area contributed by atoms with E-state index in [0.717, 1.165) is 0 Å². The van der Waals surface area contributed by atoms with Gasteiger partial charge in [-0.3, -0.25) is 0 Å². The molecule has 1 atom stereocenters. The smallest absolute Gasteiger partial charge is 0.147 e. The van der Waals surface area contributed by atoms with E-state index in [1.54, 1.807) is 25.2 Å². The molecule has 0 fully saturated rings. The van der Waals surface area contributed by atoms with Crippen LogP contribution < -0.4 is 11.1 Å². The Morgan fingerprint density at radius 1 is 1.57 bits per heavy atom. The number of nitrogens with one attached hydrogen (secondary N) is 1. The Kier molecular flexibility index (Phi) is 3.05. The predicted molar refractivity (Wildman–Crippen MR) is 53.0 cm³/mol. The number of hydrogen-bond donors (Lipinski definition) is 2. The average Bonchev–Trinajstić information content (AvgIpc) is 2.18. The molecule has 1 aromatic rings. The summed E-state index contributed by atoms with van der Waals surface area (Å²) < 4.78 is 13.6. The van der Waals surface area contributed by atoms with Crippen molar-refractivity contribution in [2.75, 3.05) is 12.8 Å². The zero-order valence-electron chi connectivity index (χ0n) is 8.13. The number of halogens is 1. The minimum absolute atomic E-state index is 0.0791. The van der Waals surface area contributed by atoms with Crippen LogP contribution in [0.25, 0.3) is 0 Å². The number of nitrogens with zero attached hydrogens (tertiary/aromatic N) is 1. The maximum atomic E-state index is 13.6. The maximum absolute atomic E-state index is 13.6. The van der Waals surface area contributed by atoms with E-state index in [2.05, 4.69) is 5.32 Å². The molecule has 0 aliphatic carbocycles. The van der Waals surface area contributed by atoms with Crippen LogP contribution >= 0.6 is 0 Å². The fourth-order valence-corrected chi connectivity index (χ4v) is 1.21. The second-order valence-corrected chi connectivity index (χ2v) is 3.06. The van der Waals surface area contributed by atoms with E-state index in [0.29, 0.717) is 5.56 Å². The molecule has 1 aromatic carbocycles. The molecule has 0 heterocycles. The summed E-state index contributed by atoms with van der Waals surface area (Å²) in [5.74, 6) is -0.533. The van der Waals surface area contributed by atoms with Gasteiger partial charge in [0.2, 0.25) is 0 Å². The third-order valence-electron chi connectivity index (χ3n) is 2.22. The molecule has 3 N–H and O–H groups in total. The minimum Gasteiger partial charge on any atom is -0.398 e. The molecule has 0 bridgehead atoms. The van der Waals surface area contributed by atoms with Crippen molar-refractivity contribution in [2.24, 2.45) is 0 Å². The Morgan fingerprint density at radius 2 is 2.21 bits per heavy atom. The molecular weight excluding hydrogens is 181 g/mol. The van der Waals surface area contributed by atoms with E-state index in [4.69, 9.17) is 11.0 Å². The van der Waals surface area contributed by atoms with Crippen LogP contribution in [-0.4, -0.2) is 7.05 Å². The molecule has 0 amide bonds. The van der Waals surface area contributed by atoms with Crippen LogP contribution in [0.5, 0.6) is 0 Å². The van der Waals surface area contributed by atoms with E-state index >= 15 is 0 Å². The Bertz CT molecular complexity index is 382. The van der Waals surface area contributed by atoms with Gasteiger partial charge in [-0.05, 0) is 20.0 Å². The van der Waals surface area contributed by atoms with Gasteiger partial charge in [-0.15, -0.1) is 0 Å². The van der Waals surface area contributed by atoms with Gasteiger partial charge in [-0.1, -0.05) is 6.07 Å². The molecule has 14 heavy (non-hydrogen) atoms. The van der Waals surface area contributed by atoms with Crippen molar-refractivity contribution in [2.45, 2.75) is 13.0 Å². The second-order valence-electron chi connectivity index (χ2n) is 3.06. The maximum Gasteiger partial charge on any atom is 0.147 e. The first-order valence-corrected chi connectivity index (χ1v) is 4.27. The van der Waals surface area contributed by atoms with Crippen molar-refractivity contribution in [3.8, 4) is 6.07 Å². The van der Waals surface area contributed by atoms with Crippen molar-refractivity contribution in [3.63, 3.8) is 0 Å². The Hall–Kier alpha value is -1.60. The van der Waals surface area contributed by atoms with Crippen LogP contribution in [0.3, 0.4) is 0 Å². The third-order valence-corrected chi connectivity index (χ3v) is 2.22. The standard InChI is InChI=1S/C10H12FN3/c1-6(14-2)7-3-4-9(13)8(5-12)10(7)11/h3-4,6,14H,13H2,1-2H3/t6-/m0/s1. The minimum atomic E-state index is -0.533. The van der Waals surface area contributed by atoms with Gasteiger partial charge in [0.25, 0.3) is 0 Å². The van der Waals surface area contributed by atoms with Crippen molar-refractivity contribution in [1.29, 1.82) is 5.26 Å². The van der Waals surface area contributed by atoms with Gasteiger partial charge in [-0.2, -0.15) is 5.26 Å². The van der Waals surface area contributed by atoms with E-state index < -0.39 is 5.82 Å². The highest BCUT2D eigenvalue weighted by molar-refractivity contribution is 5.56. The highest BCUT2D eigenvalue weighted by atomic mass is 19.1. The highest BCUT2D eigenvalue weighted by Crippen LogP contribution is 2.23. The van der Waals surface area contributed by atoms with Crippen LogP contribution in [0.4, 0.5) is 10.1 Å². The summed E-state index contributed by atoms with van der Waals surface area (Å²) >= 11 is 0. The fourth-order valence-electron chi connectivity index (χ4n) is 1.21. The molecule has 4 heteroatoms. The predicted octanol–water partition coefficient (Wildman–Crippen LogP) is 1.56. The average molecular weight is 193 g/mol. The number of benzene rings is 1. The molecule has 0 spiro atoms. The topological polar surface area (TPSA) is 61.8 Å². The molecule has 0 saturated carbocycles. The quantitative estimate of drug-likeness (QED) is 0.700. The number of hydrogen-bond acceptors (Lipinski definition) is 3. The molecule has 1 rings (SSSR count). The molecule has 0 aliphatic rings. The molecule has 0 unspecified atom stereocenters. The highest BCUT2D eigenvalue weighted by Gasteiger charge is 2.14. The summed E-state index contributed by atoms with van der Waals surface area (Å²) in [4.78, 5) is 0. The Labute approximate surface area is 82.3 Å². The fraction of sp³-hybridized carbons (Fsp3) is 0.300. The number of anilines is 1. The number of nitriles is 1. The summed E-state index contributed by atoms with van der Waals surface area (Å²) in [6, 6.07) is 4.76. The Balaban J connectivity index is 3.30. The molecule has 0 saturated heterocycles. The normalized spacial score (nSPS) is 12.1. The molecule has 74 valence electrons. The van der Waals surface area contributed by atoms with Crippen molar-refractivity contribution < 1.29 is 4.39 Å². The second kappa shape index (κ2) is 4.07. The van der Waals surface area contributed by atoms with Crippen LogP contribution in [-0.2, 0) is 0 Å². The van der Waals surface area contributed by atoms with E-state index in [1.807, 2.05) is 6.92 Å². The SMILES string of the molecule is CN[C@@H](C)c1ccc(N)c(C#N)c1F. The largest absolute Gasteiger partial charge is 0.398 e. The van der Waals surface area contributed by atoms with E-state index in [9.17, 15) is 4.39 Å². The number of rotatable bonds is 2.